The number of amides is 1. The Morgan fingerprint density at radius 2 is 1.72 bits per heavy atom. The van der Waals surface area contributed by atoms with Crippen LogP contribution < -0.4 is 10.9 Å². The van der Waals surface area contributed by atoms with E-state index in [4.69, 9.17) is 0 Å². The molecular formula is C24H21N3O2. The average molecular weight is 383 g/mol. The number of aromatic nitrogens is 2. The molecule has 4 aromatic rings. The number of hydrogen-bond donors (Lipinski definition) is 1. The molecule has 4 rings (SSSR count). The minimum atomic E-state index is -0.148. The quantitative estimate of drug-likeness (QED) is 0.555. The second-order valence-corrected chi connectivity index (χ2v) is 6.92. The molecule has 0 saturated heterocycles. The summed E-state index contributed by atoms with van der Waals surface area (Å²) in [4.78, 5) is 29.6. The largest absolute Gasteiger partial charge is 0.325 e. The molecule has 5 heteroatoms. The van der Waals surface area contributed by atoms with E-state index >= 15 is 0 Å². The molecule has 1 aromatic heterocycles. The van der Waals surface area contributed by atoms with Crippen LogP contribution in [0.25, 0.3) is 22.0 Å². The third-order valence-electron chi connectivity index (χ3n) is 4.92. The maximum absolute atomic E-state index is 12.7. The number of rotatable bonds is 5. The Morgan fingerprint density at radius 1 is 0.966 bits per heavy atom. The van der Waals surface area contributed by atoms with Crippen LogP contribution in [0.3, 0.4) is 0 Å². The van der Waals surface area contributed by atoms with E-state index in [2.05, 4.69) is 10.3 Å². The van der Waals surface area contributed by atoms with Crippen molar-refractivity contribution in [1.82, 2.24) is 9.55 Å². The molecule has 0 fully saturated rings. The van der Waals surface area contributed by atoms with Gasteiger partial charge < -0.3 is 5.32 Å². The first-order valence-electron chi connectivity index (χ1n) is 9.52. The van der Waals surface area contributed by atoms with Crippen LogP contribution in [0.2, 0.25) is 0 Å². The molecule has 0 unspecified atom stereocenters. The van der Waals surface area contributed by atoms with Gasteiger partial charge in [-0.2, -0.15) is 0 Å². The van der Waals surface area contributed by atoms with Gasteiger partial charge in [0.05, 0.1) is 17.2 Å². The highest BCUT2D eigenvalue weighted by Gasteiger charge is 2.10. The standard InChI is InChI=1S/C24H21N3O2/c1-17-8-7-12-20-23(17)25-16-27(24(20)29)15-14-22(28)26-21-13-6-5-11-19(21)18-9-3-2-4-10-18/h2-13,16H,14-15H2,1H3,(H,26,28). The van der Waals surface area contributed by atoms with Crippen molar-refractivity contribution in [3.05, 3.63) is 95.0 Å². The number of nitrogens with one attached hydrogen (secondary N) is 1. The van der Waals surface area contributed by atoms with Crippen LogP contribution in [-0.2, 0) is 11.3 Å². The molecule has 0 saturated carbocycles. The molecule has 144 valence electrons. The van der Waals surface area contributed by atoms with Gasteiger partial charge in [0.2, 0.25) is 5.91 Å². The van der Waals surface area contributed by atoms with E-state index in [1.807, 2.05) is 73.7 Å². The smallest absolute Gasteiger partial charge is 0.261 e. The van der Waals surface area contributed by atoms with Crippen molar-refractivity contribution in [3.8, 4) is 11.1 Å². The number of carbonyl (C=O) groups is 1. The van der Waals surface area contributed by atoms with E-state index in [1.54, 1.807) is 6.07 Å². The fraction of sp³-hybridized carbons (Fsp3) is 0.125. The van der Waals surface area contributed by atoms with Crippen LogP contribution in [-0.4, -0.2) is 15.5 Å². The van der Waals surface area contributed by atoms with Gasteiger partial charge in [0.25, 0.3) is 5.56 Å². The van der Waals surface area contributed by atoms with Crippen molar-refractivity contribution in [2.24, 2.45) is 0 Å². The van der Waals surface area contributed by atoms with Crippen molar-refractivity contribution in [2.45, 2.75) is 19.9 Å². The monoisotopic (exact) mass is 383 g/mol. The second kappa shape index (κ2) is 8.10. The average Bonchev–Trinajstić information content (AvgIpc) is 2.75. The number of fused-ring (bicyclic) bond motifs is 1. The van der Waals surface area contributed by atoms with Crippen LogP contribution in [0.15, 0.2) is 83.9 Å². The molecule has 0 aliphatic carbocycles. The summed E-state index contributed by atoms with van der Waals surface area (Å²) < 4.78 is 1.49. The molecule has 0 bridgehead atoms. The molecule has 0 spiro atoms. The van der Waals surface area contributed by atoms with Crippen molar-refractivity contribution >= 4 is 22.5 Å². The molecule has 5 nitrogen and oxygen atoms in total. The van der Waals surface area contributed by atoms with E-state index < -0.39 is 0 Å². The lowest BCUT2D eigenvalue weighted by Gasteiger charge is -2.12. The summed E-state index contributed by atoms with van der Waals surface area (Å²) in [5.74, 6) is -0.148. The minimum Gasteiger partial charge on any atom is -0.325 e. The number of aryl methyl sites for hydroxylation is 2. The van der Waals surface area contributed by atoms with Crippen LogP contribution >= 0.6 is 0 Å². The first kappa shape index (κ1) is 18.6. The molecule has 0 radical (unpaired) electrons. The number of nitrogens with zero attached hydrogens (tertiary/aromatic N) is 2. The Hall–Kier alpha value is -3.73. The third kappa shape index (κ3) is 3.94. The first-order chi connectivity index (χ1) is 14.1. The zero-order valence-corrected chi connectivity index (χ0v) is 16.1. The predicted molar refractivity (Wildman–Crippen MR) is 116 cm³/mol. The Balaban J connectivity index is 1.50. The number of hydrogen-bond acceptors (Lipinski definition) is 3. The Morgan fingerprint density at radius 3 is 2.55 bits per heavy atom. The minimum absolute atomic E-state index is 0.129. The van der Waals surface area contributed by atoms with Crippen LogP contribution in [0.1, 0.15) is 12.0 Å². The van der Waals surface area contributed by atoms with Gasteiger partial charge in [0.15, 0.2) is 0 Å². The van der Waals surface area contributed by atoms with Crippen LogP contribution in [0.4, 0.5) is 5.69 Å². The molecule has 0 aliphatic heterocycles. The summed E-state index contributed by atoms with van der Waals surface area (Å²) in [6.07, 6.45) is 1.70. The van der Waals surface area contributed by atoms with Gasteiger partial charge in [-0.05, 0) is 30.2 Å². The van der Waals surface area contributed by atoms with Crippen LogP contribution in [0.5, 0.6) is 0 Å². The molecule has 1 N–H and O–H groups in total. The van der Waals surface area contributed by atoms with E-state index in [9.17, 15) is 9.59 Å². The zero-order chi connectivity index (χ0) is 20.2. The lowest BCUT2D eigenvalue weighted by atomic mass is 10.0. The van der Waals surface area contributed by atoms with Gasteiger partial charge in [-0.3, -0.25) is 14.2 Å². The van der Waals surface area contributed by atoms with Gasteiger partial charge in [-0.1, -0.05) is 60.7 Å². The molecule has 1 amide bonds. The van der Waals surface area contributed by atoms with E-state index in [0.717, 1.165) is 22.4 Å². The summed E-state index contributed by atoms with van der Waals surface area (Å²) in [5.41, 5.74) is 4.28. The number of benzene rings is 3. The van der Waals surface area contributed by atoms with E-state index in [-0.39, 0.29) is 24.4 Å². The van der Waals surface area contributed by atoms with Crippen molar-refractivity contribution in [2.75, 3.05) is 5.32 Å². The third-order valence-corrected chi connectivity index (χ3v) is 4.92. The fourth-order valence-electron chi connectivity index (χ4n) is 3.39. The summed E-state index contributed by atoms with van der Waals surface area (Å²) in [6.45, 7) is 2.20. The van der Waals surface area contributed by atoms with Crippen molar-refractivity contribution in [1.29, 1.82) is 0 Å². The van der Waals surface area contributed by atoms with E-state index in [0.29, 0.717) is 10.9 Å². The summed E-state index contributed by atoms with van der Waals surface area (Å²) in [7, 11) is 0. The molecule has 0 atom stereocenters. The Bertz CT molecular complexity index is 1230. The molecule has 1 heterocycles. The molecule has 29 heavy (non-hydrogen) atoms. The second-order valence-electron chi connectivity index (χ2n) is 6.92. The number of carbonyl (C=O) groups excluding carboxylic acids is 1. The van der Waals surface area contributed by atoms with Crippen molar-refractivity contribution < 1.29 is 4.79 Å². The fourth-order valence-corrected chi connectivity index (χ4v) is 3.39. The SMILES string of the molecule is Cc1cccc2c(=O)n(CCC(=O)Nc3ccccc3-c3ccccc3)cnc12. The van der Waals surface area contributed by atoms with Gasteiger partial charge in [0, 0.05) is 24.2 Å². The number of para-hydroxylation sites is 2. The van der Waals surface area contributed by atoms with Gasteiger partial charge in [-0.15, -0.1) is 0 Å². The molecule has 3 aromatic carbocycles. The van der Waals surface area contributed by atoms with Gasteiger partial charge in [-0.25, -0.2) is 4.98 Å². The first-order valence-corrected chi connectivity index (χ1v) is 9.52. The highest BCUT2D eigenvalue weighted by Crippen LogP contribution is 2.27. The maximum atomic E-state index is 12.7. The lowest BCUT2D eigenvalue weighted by Crippen LogP contribution is -2.24. The Kier molecular flexibility index (Phi) is 5.20. The highest BCUT2D eigenvalue weighted by molar-refractivity contribution is 5.95. The summed E-state index contributed by atoms with van der Waals surface area (Å²) in [6, 6.07) is 23.1. The summed E-state index contributed by atoms with van der Waals surface area (Å²) in [5, 5.41) is 3.54. The molecular weight excluding hydrogens is 362 g/mol. The normalized spacial score (nSPS) is 10.8. The zero-order valence-electron chi connectivity index (χ0n) is 16.1. The number of anilines is 1. The lowest BCUT2D eigenvalue weighted by molar-refractivity contribution is -0.116. The maximum Gasteiger partial charge on any atom is 0.261 e. The summed E-state index contributed by atoms with van der Waals surface area (Å²) >= 11 is 0. The van der Waals surface area contributed by atoms with Crippen LogP contribution in [0, 0.1) is 6.92 Å². The molecule has 0 aliphatic rings. The topological polar surface area (TPSA) is 64.0 Å². The Labute approximate surface area is 168 Å². The predicted octanol–water partition coefficient (Wildman–Crippen LogP) is 4.40. The van der Waals surface area contributed by atoms with Gasteiger partial charge >= 0.3 is 0 Å². The van der Waals surface area contributed by atoms with Gasteiger partial charge in [0.1, 0.15) is 0 Å². The van der Waals surface area contributed by atoms with E-state index in [1.165, 1.54) is 10.9 Å². The van der Waals surface area contributed by atoms with Crippen molar-refractivity contribution in [3.63, 3.8) is 0 Å². The highest BCUT2D eigenvalue weighted by atomic mass is 16.2.